The monoisotopic (exact) mass is 250 g/mol. The van der Waals surface area contributed by atoms with Crippen LogP contribution in [0.4, 0.5) is 0 Å². The fourth-order valence-corrected chi connectivity index (χ4v) is 4.22. The normalized spacial score (nSPS) is 31.8. The summed E-state index contributed by atoms with van der Waals surface area (Å²) in [6.07, 6.45) is 11.7. The van der Waals surface area contributed by atoms with E-state index >= 15 is 0 Å². The van der Waals surface area contributed by atoms with Crippen LogP contribution in [0, 0.1) is 5.41 Å². The zero-order valence-corrected chi connectivity index (χ0v) is 11.4. The Morgan fingerprint density at radius 2 is 1.83 bits per heavy atom. The molecule has 2 aliphatic heterocycles. The molecule has 3 fully saturated rings. The van der Waals surface area contributed by atoms with Gasteiger partial charge in [-0.3, -0.25) is 4.79 Å². The minimum Gasteiger partial charge on any atom is -0.341 e. The lowest BCUT2D eigenvalue weighted by Gasteiger charge is -2.45. The van der Waals surface area contributed by atoms with Crippen molar-refractivity contribution in [1.82, 2.24) is 10.2 Å². The maximum absolute atomic E-state index is 12.5. The molecular formula is C15H26N2O. The molecule has 1 N–H and O–H groups in total. The van der Waals surface area contributed by atoms with Crippen molar-refractivity contribution in [2.45, 2.75) is 63.8 Å². The fraction of sp³-hybridized carbons (Fsp3) is 0.933. The Balaban J connectivity index is 1.64. The number of carbonyl (C=O) groups excluding carboxylic acids is 1. The number of hydrogen-bond acceptors (Lipinski definition) is 2. The highest BCUT2D eigenvalue weighted by molar-refractivity contribution is 5.82. The molecule has 3 heteroatoms. The molecule has 102 valence electrons. The molecule has 0 radical (unpaired) electrons. The van der Waals surface area contributed by atoms with E-state index in [0.717, 1.165) is 32.5 Å². The van der Waals surface area contributed by atoms with Gasteiger partial charge in [-0.2, -0.15) is 0 Å². The number of likely N-dealkylation sites (tertiary alicyclic amines) is 1. The topological polar surface area (TPSA) is 32.3 Å². The van der Waals surface area contributed by atoms with Crippen LogP contribution in [0.1, 0.15) is 57.8 Å². The molecule has 2 saturated heterocycles. The van der Waals surface area contributed by atoms with Gasteiger partial charge in [-0.05, 0) is 50.5 Å². The van der Waals surface area contributed by atoms with Crippen LogP contribution in [0.25, 0.3) is 0 Å². The van der Waals surface area contributed by atoms with Crippen molar-refractivity contribution < 1.29 is 4.79 Å². The predicted octanol–water partition coefficient (Wildman–Crippen LogP) is 2.31. The quantitative estimate of drug-likeness (QED) is 0.774. The summed E-state index contributed by atoms with van der Waals surface area (Å²) in [5, 5.41) is 3.35. The summed E-state index contributed by atoms with van der Waals surface area (Å²) in [5.41, 5.74) is 0.491. The molecule has 2 heterocycles. The fourth-order valence-electron chi connectivity index (χ4n) is 4.22. The molecule has 0 aromatic heterocycles. The molecular weight excluding hydrogens is 224 g/mol. The van der Waals surface area contributed by atoms with E-state index in [2.05, 4.69) is 10.2 Å². The SMILES string of the molecule is O=C(C1CCCN1)N1CCCC2(CCCCC2)C1. The molecule has 1 atom stereocenters. The Morgan fingerprint density at radius 3 is 2.56 bits per heavy atom. The lowest BCUT2D eigenvalue weighted by Crippen LogP contribution is -2.51. The largest absolute Gasteiger partial charge is 0.341 e. The molecule has 3 aliphatic rings. The smallest absolute Gasteiger partial charge is 0.239 e. The van der Waals surface area contributed by atoms with Crippen molar-refractivity contribution >= 4 is 5.91 Å². The first kappa shape index (κ1) is 12.5. The molecule has 3 nitrogen and oxygen atoms in total. The van der Waals surface area contributed by atoms with E-state index in [4.69, 9.17) is 0 Å². The van der Waals surface area contributed by atoms with Gasteiger partial charge in [-0.1, -0.05) is 19.3 Å². The van der Waals surface area contributed by atoms with Gasteiger partial charge in [0.05, 0.1) is 6.04 Å². The van der Waals surface area contributed by atoms with Crippen LogP contribution in [-0.4, -0.2) is 36.5 Å². The van der Waals surface area contributed by atoms with Gasteiger partial charge in [0.15, 0.2) is 0 Å². The average Bonchev–Trinajstić information content (AvgIpc) is 2.93. The first-order chi connectivity index (χ1) is 8.79. The lowest BCUT2D eigenvalue weighted by molar-refractivity contribution is -0.137. The van der Waals surface area contributed by atoms with Gasteiger partial charge in [0.2, 0.25) is 5.91 Å². The second-order valence-corrected chi connectivity index (χ2v) is 6.57. The second kappa shape index (κ2) is 5.20. The highest BCUT2D eigenvalue weighted by atomic mass is 16.2. The van der Waals surface area contributed by atoms with Crippen molar-refractivity contribution in [3.05, 3.63) is 0 Å². The van der Waals surface area contributed by atoms with Gasteiger partial charge in [-0.15, -0.1) is 0 Å². The standard InChI is InChI=1S/C15H26N2O/c18-14(13-6-4-10-16-13)17-11-5-9-15(12-17)7-2-1-3-8-15/h13,16H,1-12H2. The van der Waals surface area contributed by atoms with Crippen molar-refractivity contribution in [2.75, 3.05) is 19.6 Å². The van der Waals surface area contributed by atoms with Gasteiger partial charge >= 0.3 is 0 Å². The highest BCUT2D eigenvalue weighted by Crippen LogP contribution is 2.43. The minimum atomic E-state index is 0.128. The third-order valence-corrected chi connectivity index (χ3v) is 5.25. The molecule has 1 unspecified atom stereocenters. The van der Waals surface area contributed by atoms with Gasteiger partial charge in [0.25, 0.3) is 0 Å². The number of nitrogens with zero attached hydrogens (tertiary/aromatic N) is 1. The summed E-state index contributed by atoms with van der Waals surface area (Å²) in [4.78, 5) is 14.7. The van der Waals surface area contributed by atoms with Crippen LogP contribution in [0.5, 0.6) is 0 Å². The highest BCUT2D eigenvalue weighted by Gasteiger charge is 2.39. The summed E-state index contributed by atoms with van der Waals surface area (Å²) < 4.78 is 0. The van der Waals surface area contributed by atoms with Crippen LogP contribution in [0.2, 0.25) is 0 Å². The summed E-state index contributed by atoms with van der Waals surface area (Å²) in [5.74, 6) is 0.386. The Morgan fingerprint density at radius 1 is 1.06 bits per heavy atom. The molecule has 1 spiro atoms. The van der Waals surface area contributed by atoms with Crippen molar-refractivity contribution in [1.29, 1.82) is 0 Å². The molecule has 1 saturated carbocycles. The van der Waals surface area contributed by atoms with Gasteiger partial charge in [0.1, 0.15) is 0 Å². The molecule has 0 aromatic carbocycles. The second-order valence-electron chi connectivity index (χ2n) is 6.57. The molecule has 0 bridgehead atoms. The van der Waals surface area contributed by atoms with E-state index in [-0.39, 0.29) is 6.04 Å². The average molecular weight is 250 g/mol. The Kier molecular flexibility index (Phi) is 3.60. The Bertz CT molecular complexity index is 298. The molecule has 18 heavy (non-hydrogen) atoms. The van der Waals surface area contributed by atoms with Crippen molar-refractivity contribution in [3.8, 4) is 0 Å². The number of nitrogens with one attached hydrogen (secondary N) is 1. The molecule has 3 rings (SSSR count). The third kappa shape index (κ3) is 2.42. The van der Waals surface area contributed by atoms with E-state index in [1.807, 2.05) is 0 Å². The number of hydrogen-bond donors (Lipinski definition) is 1. The van der Waals surface area contributed by atoms with Gasteiger partial charge < -0.3 is 10.2 Å². The molecule has 1 aliphatic carbocycles. The third-order valence-electron chi connectivity index (χ3n) is 5.25. The van der Waals surface area contributed by atoms with Gasteiger partial charge in [0, 0.05) is 13.1 Å². The van der Waals surface area contributed by atoms with Crippen LogP contribution >= 0.6 is 0 Å². The van der Waals surface area contributed by atoms with Crippen LogP contribution in [-0.2, 0) is 4.79 Å². The van der Waals surface area contributed by atoms with Gasteiger partial charge in [-0.25, -0.2) is 0 Å². The van der Waals surface area contributed by atoms with E-state index in [1.165, 1.54) is 44.9 Å². The van der Waals surface area contributed by atoms with Crippen LogP contribution < -0.4 is 5.32 Å². The summed E-state index contributed by atoms with van der Waals surface area (Å²) in [6.45, 7) is 3.07. The predicted molar refractivity (Wildman–Crippen MR) is 72.4 cm³/mol. The minimum absolute atomic E-state index is 0.128. The number of rotatable bonds is 1. The summed E-state index contributed by atoms with van der Waals surface area (Å²) >= 11 is 0. The van der Waals surface area contributed by atoms with E-state index < -0.39 is 0 Å². The first-order valence-electron chi connectivity index (χ1n) is 7.81. The lowest BCUT2D eigenvalue weighted by atomic mass is 9.69. The van der Waals surface area contributed by atoms with E-state index in [1.54, 1.807) is 0 Å². The first-order valence-corrected chi connectivity index (χ1v) is 7.81. The van der Waals surface area contributed by atoms with E-state index in [9.17, 15) is 4.79 Å². The summed E-state index contributed by atoms with van der Waals surface area (Å²) in [7, 11) is 0. The zero-order chi connectivity index (χ0) is 12.4. The molecule has 0 aromatic rings. The molecule has 1 amide bonds. The van der Waals surface area contributed by atoms with Crippen LogP contribution in [0.3, 0.4) is 0 Å². The van der Waals surface area contributed by atoms with E-state index in [0.29, 0.717) is 11.3 Å². The van der Waals surface area contributed by atoms with Crippen LogP contribution in [0.15, 0.2) is 0 Å². The Hall–Kier alpha value is -0.570. The number of carbonyl (C=O) groups is 1. The Labute approximate surface area is 110 Å². The van der Waals surface area contributed by atoms with Crippen molar-refractivity contribution in [3.63, 3.8) is 0 Å². The maximum Gasteiger partial charge on any atom is 0.239 e. The maximum atomic E-state index is 12.5. The number of piperidine rings is 1. The number of amides is 1. The van der Waals surface area contributed by atoms with Crippen molar-refractivity contribution in [2.24, 2.45) is 5.41 Å². The summed E-state index contributed by atoms with van der Waals surface area (Å²) in [6, 6.07) is 0.128. The zero-order valence-electron chi connectivity index (χ0n) is 11.4.